The molecule has 0 radical (unpaired) electrons. The summed E-state index contributed by atoms with van der Waals surface area (Å²) >= 11 is 0. The van der Waals surface area contributed by atoms with E-state index in [4.69, 9.17) is 15.2 Å². The van der Waals surface area contributed by atoms with Gasteiger partial charge in [0.25, 0.3) is 11.8 Å². The Morgan fingerprint density at radius 3 is 2.41 bits per heavy atom. The van der Waals surface area contributed by atoms with E-state index >= 15 is 4.39 Å². The van der Waals surface area contributed by atoms with Gasteiger partial charge in [-0.05, 0) is 48.0 Å². The third kappa shape index (κ3) is 5.79. The Labute approximate surface area is 283 Å². The molecule has 0 saturated carbocycles. The smallest absolute Gasteiger partial charge is 0.255 e. The fraction of sp³-hybridized carbons (Fsp3) is 0.243. The monoisotopic (exact) mass is 661 g/mol. The van der Waals surface area contributed by atoms with Gasteiger partial charge < -0.3 is 30.3 Å². The molecule has 0 bridgehead atoms. The number of halogens is 1. The lowest BCUT2D eigenvalue weighted by molar-refractivity contribution is -0.127. The molecule has 0 spiro atoms. The molecular weight excluding hydrogens is 625 g/mol. The van der Waals surface area contributed by atoms with Crippen LogP contribution in [0, 0.1) is 5.82 Å². The Kier molecular flexibility index (Phi) is 8.57. The van der Waals surface area contributed by atoms with Crippen molar-refractivity contribution in [1.82, 2.24) is 24.7 Å². The topological polar surface area (TPSA) is 126 Å². The first-order valence-electron chi connectivity index (χ1n) is 16.0. The molecule has 1 unspecified atom stereocenters. The second kappa shape index (κ2) is 13.1. The average molecular weight is 662 g/mol. The number of amides is 2. The maximum Gasteiger partial charge on any atom is 0.255 e. The van der Waals surface area contributed by atoms with Gasteiger partial charge in [-0.15, -0.1) is 0 Å². The van der Waals surface area contributed by atoms with Crippen LogP contribution in [0.5, 0.6) is 11.5 Å². The number of hydrogen-bond donors (Lipinski definition) is 2. The molecule has 1 saturated heterocycles. The number of carbonyl (C=O) groups excluding carboxylic acids is 2. The van der Waals surface area contributed by atoms with Crippen LogP contribution in [0.15, 0.2) is 91.3 Å². The molecule has 7 rings (SSSR count). The quantitative estimate of drug-likeness (QED) is 0.223. The molecule has 4 aromatic carbocycles. The Morgan fingerprint density at radius 1 is 0.939 bits per heavy atom. The molecule has 0 aliphatic carbocycles. The number of carbonyl (C=O) groups is 2. The number of fused-ring (bicyclic) bond motifs is 2. The van der Waals surface area contributed by atoms with Gasteiger partial charge in [0.15, 0.2) is 17.0 Å². The average Bonchev–Trinajstić information content (AvgIpc) is 3.45. The predicted octanol–water partition coefficient (Wildman–Crippen LogP) is 4.49. The minimum Gasteiger partial charge on any atom is -0.493 e. The maximum absolute atomic E-state index is 16.2. The van der Waals surface area contributed by atoms with Crippen LogP contribution in [0.25, 0.3) is 10.9 Å². The van der Waals surface area contributed by atoms with E-state index < -0.39 is 17.3 Å². The van der Waals surface area contributed by atoms with Crippen LogP contribution >= 0.6 is 0 Å². The zero-order chi connectivity index (χ0) is 34.1. The highest BCUT2D eigenvalue weighted by Gasteiger charge is 2.51. The number of hydrogen-bond acceptors (Lipinski definition) is 9. The third-order valence-corrected chi connectivity index (χ3v) is 9.33. The normalized spacial score (nSPS) is 16.3. The van der Waals surface area contributed by atoms with Gasteiger partial charge in [0, 0.05) is 49.7 Å². The molecule has 1 fully saturated rings. The zero-order valence-corrected chi connectivity index (χ0v) is 27.2. The van der Waals surface area contributed by atoms with Gasteiger partial charge in [0.1, 0.15) is 24.7 Å². The fourth-order valence-corrected chi connectivity index (χ4v) is 6.64. The van der Waals surface area contributed by atoms with E-state index in [9.17, 15) is 9.59 Å². The summed E-state index contributed by atoms with van der Waals surface area (Å²) in [5.74, 6) is -0.473. The largest absolute Gasteiger partial charge is 0.493 e. The maximum atomic E-state index is 16.2. The molecule has 2 aliphatic heterocycles. The lowest BCUT2D eigenvalue weighted by Crippen LogP contribution is -2.56. The Balaban J connectivity index is 1.24. The fourth-order valence-electron chi connectivity index (χ4n) is 6.64. The number of benzene rings is 4. The summed E-state index contributed by atoms with van der Waals surface area (Å²) in [5, 5.41) is 3.69. The summed E-state index contributed by atoms with van der Waals surface area (Å²) in [7, 11) is 3.66. The van der Waals surface area contributed by atoms with Crippen molar-refractivity contribution in [2.24, 2.45) is 5.73 Å². The van der Waals surface area contributed by atoms with Crippen molar-refractivity contribution < 1.29 is 23.5 Å². The van der Waals surface area contributed by atoms with Crippen LogP contribution in [0.2, 0.25) is 0 Å². The first-order chi connectivity index (χ1) is 23.8. The second-order valence-electron chi connectivity index (χ2n) is 12.2. The molecule has 3 N–H and O–H groups in total. The number of nitrogens with zero attached hydrogens (tertiary/aromatic N) is 5. The standard InChI is InChI=1S/C37H36FN7O4/c1-43-14-16-44(17-15-43)23-49-33-19-28-31(20-32(33)48-2)40-22-41-34(28)42-30-13-12-26(18-29(30)38)37(36(39)47,25-9-4-3-5-10-25)45-21-24-8-6-7-11-27(24)35(45)46/h3-13,18-20,22H,14-17,21,23H2,1-2H3,(H2,39,47)(H,40,41,42). The van der Waals surface area contributed by atoms with E-state index in [1.807, 2.05) is 12.1 Å². The number of likely N-dealkylation sites (N-methyl/N-ethyl adjacent to an activating group) is 1. The molecule has 2 aliphatic rings. The zero-order valence-electron chi connectivity index (χ0n) is 27.2. The van der Waals surface area contributed by atoms with Gasteiger partial charge in [-0.1, -0.05) is 54.6 Å². The van der Waals surface area contributed by atoms with E-state index in [1.54, 1.807) is 67.8 Å². The number of piperazine rings is 1. The molecule has 2 amide bonds. The van der Waals surface area contributed by atoms with Crippen molar-refractivity contribution >= 4 is 34.2 Å². The summed E-state index contributed by atoms with van der Waals surface area (Å²) in [5.41, 5.74) is 6.96. The SMILES string of the molecule is COc1cc2ncnc(Nc3ccc(C(C(N)=O)(c4ccccc4)N4Cc5ccccc5C4=O)cc3F)c2cc1OCN1CCN(C)CC1. The molecule has 1 atom stereocenters. The van der Waals surface area contributed by atoms with Gasteiger partial charge in [-0.25, -0.2) is 14.4 Å². The molecule has 5 aromatic rings. The Morgan fingerprint density at radius 2 is 1.69 bits per heavy atom. The first kappa shape index (κ1) is 32.0. The summed E-state index contributed by atoms with van der Waals surface area (Å²) < 4.78 is 28.0. The number of nitrogens with one attached hydrogen (secondary N) is 1. The summed E-state index contributed by atoms with van der Waals surface area (Å²) in [6.07, 6.45) is 1.38. The van der Waals surface area contributed by atoms with Gasteiger partial charge in [-0.3, -0.25) is 14.5 Å². The minimum absolute atomic E-state index is 0.0990. The number of methoxy groups -OCH3 is 1. The van der Waals surface area contributed by atoms with Crippen LogP contribution in [0.3, 0.4) is 0 Å². The van der Waals surface area contributed by atoms with Crippen molar-refractivity contribution in [1.29, 1.82) is 0 Å². The Bertz CT molecular complexity index is 2040. The van der Waals surface area contributed by atoms with E-state index in [0.717, 1.165) is 31.7 Å². The van der Waals surface area contributed by atoms with E-state index in [1.165, 1.54) is 23.4 Å². The molecule has 12 heteroatoms. The van der Waals surface area contributed by atoms with Crippen LogP contribution in [0.1, 0.15) is 27.0 Å². The molecular formula is C37H36FN7O4. The van der Waals surface area contributed by atoms with Crippen LogP contribution < -0.4 is 20.5 Å². The Hall–Kier alpha value is -5.59. The summed E-state index contributed by atoms with van der Waals surface area (Å²) in [6.45, 7) is 4.20. The lowest BCUT2D eigenvalue weighted by atomic mass is 9.80. The van der Waals surface area contributed by atoms with E-state index in [2.05, 4.69) is 32.1 Å². The van der Waals surface area contributed by atoms with Gasteiger partial charge in [0.2, 0.25) is 0 Å². The van der Waals surface area contributed by atoms with Crippen molar-refractivity contribution in [2.45, 2.75) is 12.1 Å². The van der Waals surface area contributed by atoms with Gasteiger partial charge in [-0.2, -0.15) is 0 Å². The highest BCUT2D eigenvalue weighted by Crippen LogP contribution is 2.43. The van der Waals surface area contributed by atoms with E-state index in [-0.39, 0.29) is 23.7 Å². The summed E-state index contributed by atoms with van der Waals surface area (Å²) in [6, 6.07) is 23.8. The van der Waals surface area contributed by atoms with Crippen LogP contribution in [-0.4, -0.2) is 83.5 Å². The number of anilines is 2. The van der Waals surface area contributed by atoms with Crippen molar-refractivity contribution in [2.75, 3.05) is 52.4 Å². The van der Waals surface area contributed by atoms with Gasteiger partial charge >= 0.3 is 0 Å². The number of primary amides is 1. The minimum atomic E-state index is -1.79. The molecule has 11 nitrogen and oxygen atoms in total. The number of ether oxygens (including phenoxy) is 2. The molecule has 3 heterocycles. The van der Waals surface area contributed by atoms with Crippen molar-refractivity contribution in [3.05, 3.63) is 119 Å². The number of nitrogens with two attached hydrogens (primary N) is 1. The molecule has 49 heavy (non-hydrogen) atoms. The van der Waals surface area contributed by atoms with Crippen molar-refractivity contribution in [3.8, 4) is 11.5 Å². The second-order valence-corrected chi connectivity index (χ2v) is 12.2. The third-order valence-electron chi connectivity index (χ3n) is 9.33. The number of aromatic nitrogens is 2. The van der Waals surface area contributed by atoms with Crippen molar-refractivity contribution in [3.63, 3.8) is 0 Å². The molecule has 250 valence electrons. The van der Waals surface area contributed by atoms with Gasteiger partial charge in [0.05, 0.1) is 18.3 Å². The predicted molar refractivity (Wildman–Crippen MR) is 183 cm³/mol. The lowest BCUT2D eigenvalue weighted by Gasteiger charge is -2.40. The summed E-state index contributed by atoms with van der Waals surface area (Å²) in [4.78, 5) is 42.2. The van der Waals surface area contributed by atoms with E-state index in [0.29, 0.717) is 46.1 Å². The first-order valence-corrected chi connectivity index (χ1v) is 16.0. The molecule has 1 aromatic heterocycles. The highest BCUT2D eigenvalue weighted by molar-refractivity contribution is 6.04. The van der Waals surface area contributed by atoms with Crippen LogP contribution in [0.4, 0.5) is 15.9 Å². The van der Waals surface area contributed by atoms with Crippen LogP contribution in [-0.2, 0) is 16.9 Å². The highest BCUT2D eigenvalue weighted by atomic mass is 19.1. The number of rotatable bonds is 10.